The van der Waals surface area contributed by atoms with Crippen LogP contribution in [-0.2, 0) is 16.5 Å². The van der Waals surface area contributed by atoms with Crippen molar-refractivity contribution in [2.45, 2.75) is 27.7 Å². The van der Waals surface area contributed by atoms with E-state index in [1.807, 2.05) is 43.2 Å². The summed E-state index contributed by atoms with van der Waals surface area (Å²) < 4.78 is 1.28. The maximum Gasteiger partial charge on any atom is 2.00 e. The van der Waals surface area contributed by atoms with E-state index in [1.165, 1.54) is 42.2 Å². The number of hydrogen-bond donors (Lipinski definition) is 0. The second-order valence-corrected chi connectivity index (χ2v) is 8.75. The maximum atomic E-state index is 2.27. The Morgan fingerprint density at radius 3 is 1.15 bits per heavy atom. The molecule has 0 saturated heterocycles. The Kier molecular flexibility index (Phi) is 19.7. The van der Waals surface area contributed by atoms with Crippen molar-refractivity contribution in [3.8, 4) is 0 Å². The molecule has 6 heteroatoms. The first-order valence-corrected chi connectivity index (χ1v) is 11.7. The maximum absolute atomic E-state index is 2.27. The summed E-state index contributed by atoms with van der Waals surface area (Å²) in [6, 6.07) is 0. The third-order valence-corrected chi connectivity index (χ3v) is 7.29. The van der Waals surface area contributed by atoms with Crippen LogP contribution >= 0.6 is 43.2 Å². The Morgan fingerprint density at radius 2 is 1.10 bits per heavy atom. The Hall–Kier alpha value is 1.33. The molecule has 0 amide bonds. The van der Waals surface area contributed by atoms with Crippen molar-refractivity contribution in [2.75, 3.05) is 37.7 Å². The Bertz CT molecular complexity index is 210. The normalized spacial score (nSPS) is 15.8. The fourth-order valence-electron chi connectivity index (χ4n) is 1.73. The number of quaternary nitrogens is 1. The van der Waals surface area contributed by atoms with Gasteiger partial charge in [0.05, 0.1) is 26.2 Å². The van der Waals surface area contributed by atoms with Crippen LogP contribution in [-0.4, -0.2) is 42.2 Å². The van der Waals surface area contributed by atoms with Crippen LogP contribution in [0.3, 0.4) is 0 Å². The molecule has 0 bridgehead atoms. The molecule has 0 aromatic carbocycles. The van der Waals surface area contributed by atoms with Gasteiger partial charge >= 0.3 is 16.5 Å². The fourth-order valence-corrected chi connectivity index (χ4v) is 4.88. The van der Waals surface area contributed by atoms with E-state index >= 15 is 0 Å². The molecule has 0 radical (unpaired) electrons. The minimum atomic E-state index is 0. The van der Waals surface area contributed by atoms with Gasteiger partial charge in [-0.3, -0.25) is 0 Å². The SMILES string of the molecule is C1=CSSC1.C1=CSSC1.CC[N+](CC)(CC)CC.[Ni+2]. The molecule has 20 heavy (non-hydrogen) atoms. The van der Waals surface area contributed by atoms with Crippen LogP contribution in [0.2, 0.25) is 0 Å². The summed E-state index contributed by atoms with van der Waals surface area (Å²) in [5.41, 5.74) is 0. The van der Waals surface area contributed by atoms with E-state index in [1.54, 1.807) is 0 Å². The molecule has 2 rings (SSSR count). The summed E-state index contributed by atoms with van der Waals surface area (Å²) in [5, 5.41) is 4.23. The second-order valence-electron chi connectivity index (χ2n) is 4.11. The van der Waals surface area contributed by atoms with Gasteiger partial charge in [-0.15, -0.1) is 0 Å². The molecular weight excluding hydrogens is 369 g/mol. The van der Waals surface area contributed by atoms with Gasteiger partial charge in [0, 0.05) is 11.5 Å². The number of hydrogen-bond acceptors (Lipinski definition) is 4. The van der Waals surface area contributed by atoms with Gasteiger partial charge < -0.3 is 4.48 Å². The molecule has 0 aromatic rings. The molecule has 2 aliphatic heterocycles. The molecule has 0 saturated carbocycles. The van der Waals surface area contributed by atoms with Crippen molar-refractivity contribution in [2.24, 2.45) is 0 Å². The molecule has 0 fully saturated rings. The largest absolute Gasteiger partial charge is 2.00 e. The molecule has 0 unspecified atom stereocenters. The standard InChI is InChI=1S/C8H20N.2C3H4S2.Ni/c1-5-9(6-2,7-3)8-4;2*1-2-4-5-3-1;/h5-8H2,1-4H3;2*1-2H,3H2;/q+1;;;+2. The van der Waals surface area contributed by atoms with Gasteiger partial charge in [-0.25, -0.2) is 0 Å². The van der Waals surface area contributed by atoms with Gasteiger partial charge in [0.1, 0.15) is 0 Å². The van der Waals surface area contributed by atoms with Crippen molar-refractivity contribution in [3.63, 3.8) is 0 Å². The van der Waals surface area contributed by atoms with E-state index in [0.717, 1.165) is 0 Å². The van der Waals surface area contributed by atoms with Crippen molar-refractivity contribution < 1.29 is 21.0 Å². The van der Waals surface area contributed by atoms with E-state index in [-0.39, 0.29) is 16.5 Å². The third-order valence-electron chi connectivity index (χ3n) is 3.45. The first kappa shape index (κ1) is 23.6. The monoisotopic (exact) mass is 396 g/mol. The predicted molar refractivity (Wildman–Crippen MR) is 101 cm³/mol. The minimum absolute atomic E-state index is 0. The molecule has 120 valence electrons. The first-order chi connectivity index (χ1) is 9.24. The molecule has 0 N–H and O–H groups in total. The topological polar surface area (TPSA) is 0 Å². The van der Waals surface area contributed by atoms with Crippen LogP contribution in [0.1, 0.15) is 27.7 Å². The van der Waals surface area contributed by atoms with Crippen molar-refractivity contribution in [3.05, 3.63) is 23.0 Å². The molecule has 0 aliphatic carbocycles. The zero-order valence-electron chi connectivity index (χ0n) is 12.9. The van der Waals surface area contributed by atoms with Crippen LogP contribution in [0.5, 0.6) is 0 Å². The molecule has 2 aliphatic rings. The Balaban J connectivity index is 0. The van der Waals surface area contributed by atoms with Crippen LogP contribution in [0.25, 0.3) is 0 Å². The van der Waals surface area contributed by atoms with E-state index in [4.69, 9.17) is 0 Å². The summed E-state index contributed by atoms with van der Waals surface area (Å²) in [7, 11) is 7.38. The van der Waals surface area contributed by atoms with Gasteiger partial charge in [0.15, 0.2) is 0 Å². The van der Waals surface area contributed by atoms with Gasteiger partial charge in [0.25, 0.3) is 0 Å². The van der Waals surface area contributed by atoms with Crippen LogP contribution in [0, 0.1) is 0 Å². The Morgan fingerprint density at radius 1 is 0.750 bits per heavy atom. The summed E-state index contributed by atoms with van der Waals surface area (Å²) >= 11 is 0. The van der Waals surface area contributed by atoms with Gasteiger partial charge in [-0.1, -0.05) is 55.3 Å². The zero-order chi connectivity index (χ0) is 14.4. The molecule has 0 aromatic heterocycles. The van der Waals surface area contributed by atoms with E-state index in [2.05, 4.69) is 50.7 Å². The zero-order valence-corrected chi connectivity index (χ0v) is 17.2. The van der Waals surface area contributed by atoms with E-state index < -0.39 is 0 Å². The number of rotatable bonds is 4. The first-order valence-electron chi connectivity index (χ1n) is 6.96. The second kappa shape index (κ2) is 16.7. The Labute approximate surface area is 151 Å². The quantitative estimate of drug-likeness (QED) is 0.340. The minimum Gasteiger partial charge on any atom is -0.325 e. The van der Waals surface area contributed by atoms with Crippen molar-refractivity contribution in [1.29, 1.82) is 0 Å². The average molecular weight is 397 g/mol. The summed E-state index contributed by atoms with van der Waals surface area (Å²) in [5.74, 6) is 2.40. The predicted octanol–water partition coefficient (Wildman–Crippen LogP) is 5.67. The molecule has 0 spiro atoms. The summed E-state index contributed by atoms with van der Waals surface area (Å²) in [6.45, 7) is 14.2. The van der Waals surface area contributed by atoms with Crippen LogP contribution in [0.15, 0.2) is 23.0 Å². The van der Waals surface area contributed by atoms with Crippen molar-refractivity contribution >= 4 is 43.2 Å². The smallest absolute Gasteiger partial charge is 0.325 e. The molecule has 2 heterocycles. The summed E-state index contributed by atoms with van der Waals surface area (Å²) in [6.07, 6.45) is 4.32. The molecule has 1 nitrogen and oxygen atoms in total. The van der Waals surface area contributed by atoms with E-state index in [0.29, 0.717) is 0 Å². The average Bonchev–Trinajstić information content (AvgIpc) is 3.20. The van der Waals surface area contributed by atoms with Crippen LogP contribution in [0.4, 0.5) is 0 Å². The molecular formula is C14H28NNiS4+3. The van der Waals surface area contributed by atoms with Gasteiger partial charge in [-0.2, -0.15) is 0 Å². The van der Waals surface area contributed by atoms with Gasteiger partial charge in [-0.05, 0) is 38.5 Å². The van der Waals surface area contributed by atoms with Crippen LogP contribution < -0.4 is 0 Å². The summed E-state index contributed by atoms with van der Waals surface area (Å²) in [4.78, 5) is 0. The van der Waals surface area contributed by atoms with Crippen molar-refractivity contribution in [1.82, 2.24) is 0 Å². The third kappa shape index (κ3) is 11.9. The van der Waals surface area contributed by atoms with E-state index in [9.17, 15) is 0 Å². The fraction of sp³-hybridized carbons (Fsp3) is 0.714. The molecule has 0 atom stereocenters. The van der Waals surface area contributed by atoms with Gasteiger partial charge in [0.2, 0.25) is 0 Å². The number of nitrogens with zero attached hydrogens (tertiary/aromatic N) is 1.